The SMILES string of the molecule is CNCC(O)c1cccc2sc(C3CC3)nc12. The van der Waals surface area contributed by atoms with Gasteiger partial charge in [0.05, 0.1) is 21.3 Å². The van der Waals surface area contributed by atoms with Gasteiger partial charge < -0.3 is 10.4 Å². The summed E-state index contributed by atoms with van der Waals surface area (Å²) < 4.78 is 1.19. The lowest BCUT2D eigenvalue weighted by atomic mass is 10.1. The molecule has 17 heavy (non-hydrogen) atoms. The van der Waals surface area contributed by atoms with Gasteiger partial charge in [-0.05, 0) is 26.0 Å². The molecular weight excluding hydrogens is 232 g/mol. The van der Waals surface area contributed by atoms with E-state index in [-0.39, 0.29) is 0 Å². The average Bonchev–Trinajstić information content (AvgIpc) is 3.08. The molecule has 90 valence electrons. The fourth-order valence-electron chi connectivity index (χ4n) is 2.06. The zero-order chi connectivity index (χ0) is 11.8. The Morgan fingerprint density at radius 1 is 1.53 bits per heavy atom. The second-order valence-corrected chi connectivity index (χ2v) is 5.66. The lowest BCUT2D eigenvalue weighted by molar-refractivity contribution is 0.179. The van der Waals surface area contributed by atoms with Gasteiger partial charge in [0.1, 0.15) is 0 Å². The maximum absolute atomic E-state index is 10.1. The molecule has 1 saturated carbocycles. The van der Waals surface area contributed by atoms with E-state index in [1.165, 1.54) is 22.5 Å². The van der Waals surface area contributed by atoms with E-state index in [1.54, 1.807) is 11.3 Å². The van der Waals surface area contributed by atoms with E-state index in [2.05, 4.69) is 11.4 Å². The van der Waals surface area contributed by atoms with Crippen molar-refractivity contribution < 1.29 is 5.11 Å². The van der Waals surface area contributed by atoms with Crippen molar-refractivity contribution in [2.24, 2.45) is 0 Å². The standard InChI is InChI=1S/C13H16N2OS/c1-14-7-10(16)9-3-2-4-11-12(9)15-13(17-11)8-5-6-8/h2-4,8,10,14,16H,5-7H2,1H3. The maximum atomic E-state index is 10.1. The first-order chi connectivity index (χ1) is 8.29. The van der Waals surface area contributed by atoms with Gasteiger partial charge in [-0.1, -0.05) is 12.1 Å². The maximum Gasteiger partial charge on any atom is 0.0969 e. The normalized spacial score (nSPS) is 17.5. The Bertz CT molecular complexity index is 533. The number of aliphatic hydroxyl groups excluding tert-OH is 1. The van der Waals surface area contributed by atoms with Crippen LogP contribution in [0.5, 0.6) is 0 Å². The summed E-state index contributed by atoms with van der Waals surface area (Å²) in [5.41, 5.74) is 1.93. The number of likely N-dealkylation sites (N-methyl/N-ethyl adjacent to an activating group) is 1. The second kappa shape index (κ2) is 4.37. The third-order valence-electron chi connectivity index (χ3n) is 3.15. The highest BCUT2D eigenvalue weighted by Gasteiger charge is 2.27. The van der Waals surface area contributed by atoms with Gasteiger partial charge in [0.15, 0.2) is 0 Å². The smallest absolute Gasteiger partial charge is 0.0969 e. The quantitative estimate of drug-likeness (QED) is 0.873. The van der Waals surface area contributed by atoms with Crippen LogP contribution in [-0.4, -0.2) is 23.7 Å². The molecule has 3 rings (SSSR count). The number of fused-ring (bicyclic) bond motifs is 1. The van der Waals surface area contributed by atoms with Crippen molar-refractivity contribution in [3.8, 4) is 0 Å². The first kappa shape index (κ1) is 11.1. The van der Waals surface area contributed by atoms with Crippen LogP contribution in [0.2, 0.25) is 0 Å². The molecule has 1 fully saturated rings. The Morgan fingerprint density at radius 3 is 3.06 bits per heavy atom. The van der Waals surface area contributed by atoms with Crippen molar-refractivity contribution in [2.75, 3.05) is 13.6 Å². The summed E-state index contributed by atoms with van der Waals surface area (Å²) in [6.07, 6.45) is 2.07. The van der Waals surface area contributed by atoms with E-state index in [0.717, 1.165) is 11.1 Å². The fraction of sp³-hybridized carbons (Fsp3) is 0.462. The average molecular weight is 248 g/mol. The molecule has 1 aliphatic rings. The third kappa shape index (κ3) is 2.08. The molecule has 3 nitrogen and oxygen atoms in total. The molecule has 4 heteroatoms. The topological polar surface area (TPSA) is 45.1 Å². The lowest BCUT2D eigenvalue weighted by Gasteiger charge is -2.10. The van der Waals surface area contributed by atoms with Crippen molar-refractivity contribution in [3.63, 3.8) is 0 Å². The highest BCUT2D eigenvalue weighted by molar-refractivity contribution is 7.18. The zero-order valence-electron chi connectivity index (χ0n) is 9.81. The van der Waals surface area contributed by atoms with Crippen LogP contribution in [-0.2, 0) is 0 Å². The molecule has 0 spiro atoms. The summed E-state index contributed by atoms with van der Waals surface area (Å²) in [7, 11) is 1.85. The summed E-state index contributed by atoms with van der Waals surface area (Å²) in [5.74, 6) is 0.682. The van der Waals surface area contributed by atoms with Crippen LogP contribution in [0.1, 0.15) is 35.4 Å². The van der Waals surface area contributed by atoms with Gasteiger partial charge >= 0.3 is 0 Å². The molecule has 1 heterocycles. The zero-order valence-corrected chi connectivity index (χ0v) is 10.6. The minimum Gasteiger partial charge on any atom is -0.387 e. The van der Waals surface area contributed by atoms with Crippen molar-refractivity contribution in [1.29, 1.82) is 0 Å². The van der Waals surface area contributed by atoms with Crippen molar-refractivity contribution in [2.45, 2.75) is 24.9 Å². The van der Waals surface area contributed by atoms with Gasteiger partial charge in [0.25, 0.3) is 0 Å². The predicted molar refractivity (Wildman–Crippen MR) is 70.5 cm³/mol. The summed E-state index contributed by atoms with van der Waals surface area (Å²) in [6.45, 7) is 0.565. The van der Waals surface area contributed by atoms with E-state index < -0.39 is 6.10 Å². The number of hydrogen-bond acceptors (Lipinski definition) is 4. The molecule has 0 saturated heterocycles. The number of nitrogens with one attached hydrogen (secondary N) is 1. The molecule has 1 aromatic heterocycles. The van der Waals surface area contributed by atoms with Crippen LogP contribution < -0.4 is 5.32 Å². The summed E-state index contributed by atoms with van der Waals surface area (Å²) >= 11 is 1.77. The largest absolute Gasteiger partial charge is 0.387 e. The van der Waals surface area contributed by atoms with Crippen LogP contribution in [0, 0.1) is 0 Å². The Morgan fingerprint density at radius 2 is 2.35 bits per heavy atom. The molecular formula is C13H16N2OS. The number of thiazole rings is 1. The van der Waals surface area contributed by atoms with Crippen LogP contribution in [0.4, 0.5) is 0 Å². The van der Waals surface area contributed by atoms with Gasteiger partial charge in [-0.25, -0.2) is 4.98 Å². The first-order valence-corrected chi connectivity index (χ1v) is 6.83. The van der Waals surface area contributed by atoms with E-state index in [9.17, 15) is 5.11 Å². The van der Waals surface area contributed by atoms with Crippen LogP contribution in [0.25, 0.3) is 10.2 Å². The van der Waals surface area contributed by atoms with Crippen LogP contribution in [0.3, 0.4) is 0 Å². The first-order valence-electron chi connectivity index (χ1n) is 6.01. The van der Waals surface area contributed by atoms with Gasteiger partial charge in [0.2, 0.25) is 0 Å². The number of rotatable bonds is 4. The third-order valence-corrected chi connectivity index (χ3v) is 4.33. The molecule has 0 radical (unpaired) electrons. The van der Waals surface area contributed by atoms with E-state index >= 15 is 0 Å². The van der Waals surface area contributed by atoms with Crippen molar-refractivity contribution in [3.05, 3.63) is 28.8 Å². The van der Waals surface area contributed by atoms with Crippen LogP contribution >= 0.6 is 11.3 Å². The molecule has 0 aliphatic heterocycles. The van der Waals surface area contributed by atoms with Crippen LogP contribution in [0.15, 0.2) is 18.2 Å². The summed E-state index contributed by atoms with van der Waals surface area (Å²) in [4.78, 5) is 4.71. The minimum atomic E-state index is -0.474. The molecule has 1 aromatic carbocycles. The Kier molecular flexibility index (Phi) is 2.86. The van der Waals surface area contributed by atoms with Gasteiger partial charge in [-0.3, -0.25) is 0 Å². The van der Waals surface area contributed by atoms with Gasteiger partial charge in [0, 0.05) is 18.0 Å². The van der Waals surface area contributed by atoms with E-state index in [1.807, 2.05) is 19.2 Å². The minimum absolute atomic E-state index is 0.474. The molecule has 1 aliphatic carbocycles. The highest BCUT2D eigenvalue weighted by Crippen LogP contribution is 2.43. The van der Waals surface area contributed by atoms with Crippen molar-refractivity contribution >= 4 is 21.6 Å². The number of aromatic nitrogens is 1. The number of aliphatic hydroxyl groups is 1. The van der Waals surface area contributed by atoms with Gasteiger partial charge in [-0.2, -0.15) is 0 Å². The number of para-hydroxylation sites is 1. The lowest BCUT2D eigenvalue weighted by Crippen LogP contribution is -2.16. The molecule has 1 atom stereocenters. The predicted octanol–water partition coefficient (Wildman–Crippen LogP) is 2.43. The molecule has 1 unspecified atom stereocenters. The van der Waals surface area contributed by atoms with E-state index in [0.29, 0.717) is 12.5 Å². The highest BCUT2D eigenvalue weighted by atomic mass is 32.1. The number of nitrogens with zero attached hydrogens (tertiary/aromatic N) is 1. The van der Waals surface area contributed by atoms with Crippen molar-refractivity contribution in [1.82, 2.24) is 10.3 Å². The Labute approximate surface area is 105 Å². The van der Waals surface area contributed by atoms with E-state index in [4.69, 9.17) is 4.98 Å². The number of benzene rings is 1. The Balaban J connectivity index is 2.04. The van der Waals surface area contributed by atoms with Gasteiger partial charge in [-0.15, -0.1) is 11.3 Å². The Hall–Kier alpha value is -0.970. The summed E-state index contributed by atoms with van der Waals surface area (Å²) in [5, 5.41) is 14.3. The fourth-order valence-corrected chi connectivity index (χ4v) is 3.24. The molecule has 2 N–H and O–H groups in total. The molecule has 0 amide bonds. The summed E-state index contributed by atoms with van der Waals surface area (Å²) in [6, 6.07) is 6.07. The number of hydrogen-bond donors (Lipinski definition) is 2. The second-order valence-electron chi connectivity index (χ2n) is 4.59. The molecule has 2 aromatic rings. The monoisotopic (exact) mass is 248 g/mol. The molecule has 0 bridgehead atoms.